The first-order valence-corrected chi connectivity index (χ1v) is 4.94. The molecule has 5 N–H and O–H groups in total. The van der Waals surface area contributed by atoms with Crippen molar-refractivity contribution < 1.29 is 9.84 Å². The maximum Gasteiger partial charge on any atom is 0.200 e. The highest BCUT2D eigenvalue weighted by Gasteiger charge is 2.08. The maximum absolute atomic E-state index is 9.03. The fourth-order valence-electron chi connectivity index (χ4n) is 0.894. The van der Waals surface area contributed by atoms with Crippen molar-refractivity contribution in [2.75, 3.05) is 0 Å². The second kappa shape index (κ2) is 5.31. The van der Waals surface area contributed by atoms with Gasteiger partial charge < -0.3 is 21.3 Å². The molecule has 0 aliphatic carbocycles. The third-order valence-corrected chi connectivity index (χ3v) is 2.36. The Morgan fingerprint density at radius 1 is 1.33 bits per heavy atom. The Morgan fingerprint density at radius 2 is 1.93 bits per heavy atom. The minimum absolute atomic E-state index is 0.217. The minimum Gasteiger partial charge on any atom is -0.494 e. The van der Waals surface area contributed by atoms with Gasteiger partial charge in [-0.15, -0.1) is 0 Å². The van der Waals surface area contributed by atoms with E-state index in [2.05, 4.69) is 15.9 Å². The van der Waals surface area contributed by atoms with Crippen LogP contribution in [0.5, 0.6) is 5.75 Å². The lowest BCUT2D eigenvalue weighted by Crippen LogP contribution is -2.05. The summed E-state index contributed by atoms with van der Waals surface area (Å²) in [4.78, 5) is 0. The molecule has 0 saturated carbocycles. The van der Waals surface area contributed by atoms with Gasteiger partial charge in [0, 0.05) is 6.20 Å². The van der Waals surface area contributed by atoms with E-state index in [1.807, 2.05) is 18.2 Å². The topological polar surface area (TPSA) is 81.5 Å². The van der Waals surface area contributed by atoms with Gasteiger partial charge in [0.05, 0.1) is 0 Å². The molecule has 0 spiro atoms. The van der Waals surface area contributed by atoms with E-state index in [0.717, 1.165) is 0 Å². The quantitative estimate of drug-likeness (QED) is 0.579. The number of aliphatic hydroxyl groups excluding tert-OH is 1. The summed E-state index contributed by atoms with van der Waals surface area (Å²) in [6.07, 6.45) is 1.21. The predicted molar refractivity (Wildman–Crippen MR) is 62.1 cm³/mol. The molecule has 0 radical (unpaired) electrons. The third kappa shape index (κ3) is 3.21. The predicted octanol–water partition coefficient (Wildman–Crippen LogP) is 1.95. The van der Waals surface area contributed by atoms with Crippen LogP contribution in [0.15, 0.2) is 52.7 Å². The fraction of sp³-hybridized carbons (Fsp3) is 0. The van der Waals surface area contributed by atoms with Crippen LogP contribution in [0.1, 0.15) is 0 Å². The van der Waals surface area contributed by atoms with Gasteiger partial charge in [-0.05, 0) is 28.1 Å². The monoisotopic (exact) mass is 270 g/mol. The Kier molecular flexibility index (Phi) is 4.05. The van der Waals surface area contributed by atoms with Crippen molar-refractivity contribution in [3.05, 3.63) is 52.7 Å². The van der Waals surface area contributed by atoms with E-state index in [0.29, 0.717) is 5.75 Å². The second-order valence-corrected chi connectivity index (χ2v) is 3.44. The summed E-state index contributed by atoms with van der Waals surface area (Å²) < 4.78 is 5.59. The smallest absolute Gasteiger partial charge is 0.200 e. The zero-order valence-electron chi connectivity index (χ0n) is 7.85. The van der Waals surface area contributed by atoms with Crippen molar-refractivity contribution in [2.45, 2.75) is 0 Å². The Bertz CT molecular complexity index is 384. The van der Waals surface area contributed by atoms with Gasteiger partial charge in [-0.3, -0.25) is 0 Å². The number of benzene rings is 1. The highest BCUT2D eigenvalue weighted by molar-refractivity contribution is 9.12. The van der Waals surface area contributed by atoms with Crippen molar-refractivity contribution in [2.24, 2.45) is 11.5 Å². The minimum atomic E-state index is -0.386. The number of nitrogens with two attached hydrogens (primary N) is 2. The molecule has 1 aromatic carbocycles. The number of halogens is 1. The summed E-state index contributed by atoms with van der Waals surface area (Å²) in [7, 11) is 0. The van der Waals surface area contributed by atoms with Crippen LogP contribution in [0.3, 0.4) is 0 Å². The molecule has 4 nitrogen and oxygen atoms in total. The van der Waals surface area contributed by atoms with Crippen LogP contribution in [0.25, 0.3) is 0 Å². The molecule has 1 rings (SSSR count). The van der Waals surface area contributed by atoms with E-state index in [-0.39, 0.29) is 16.1 Å². The third-order valence-electron chi connectivity index (χ3n) is 1.56. The Labute approximate surface area is 96.0 Å². The van der Waals surface area contributed by atoms with E-state index >= 15 is 0 Å². The first-order valence-electron chi connectivity index (χ1n) is 4.14. The highest BCUT2D eigenvalue weighted by Crippen LogP contribution is 2.22. The summed E-state index contributed by atoms with van der Waals surface area (Å²) in [6.45, 7) is 0. The van der Waals surface area contributed by atoms with E-state index in [1.165, 1.54) is 6.20 Å². The molecule has 0 heterocycles. The van der Waals surface area contributed by atoms with E-state index in [1.54, 1.807) is 12.1 Å². The molecule has 5 heteroatoms. The van der Waals surface area contributed by atoms with E-state index in [4.69, 9.17) is 21.3 Å². The maximum atomic E-state index is 9.03. The second-order valence-electron chi connectivity index (χ2n) is 2.65. The Hall–Kier alpha value is -1.62. The molecule has 15 heavy (non-hydrogen) atoms. The lowest BCUT2D eigenvalue weighted by atomic mass is 10.3. The summed E-state index contributed by atoms with van der Waals surface area (Å²) in [6, 6.07) is 9.03. The SMILES string of the molecule is N/C=C(Oc1ccccc1)\C(Br)=C(/N)O. The van der Waals surface area contributed by atoms with Gasteiger partial charge in [-0.2, -0.15) is 0 Å². The largest absolute Gasteiger partial charge is 0.494 e. The molecule has 80 valence electrons. The van der Waals surface area contributed by atoms with Gasteiger partial charge in [-0.25, -0.2) is 0 Å². The molecular formula is C10H11BrN2O2. The van der Waals surface area contributed by atoms with Crippen molar-refractivity contribution in [1.29, 1.82) is 0 Å². The highest BCUT2D eigenvalue weighted by atomic mass is 79.9. The van der Waals surface area contributed by atoms with E-state index < -0.39 is 0 Å². The van der Waals surface area contributed by atoms with Gasteiger partial charge >= 0.3 is 0 Å². The van der Waals surface area contributed by atoms with Crippen molar-refractivity contribution in [3.63, 3.8) is 0 Å². The van der Waals surface area contributed by atoms with Gasteiger partial charge in [0.1, 0.15) is 10.2 Å². The number of hydrogen-bond donors (Lipinski definition) is 3. The normalized spacial score (nSPS) is 13.3. The number of aliphatic hydroxyl groups is 1. The molecule has 1 aromatic rings. The van der Waals surface area contributed by atoms with Gasteiger partial charge in [0.15, 0.2) is 11.6 Å². The zero-order chi connectivity index (χ0) is 11.3. The molecule has 0 aromatic heterocycles. The number of para-hydroxylation sites is 1. The lowest BCUT2D eigenvalue weighted by Gasteiger charge is -2.08. The summed E-state index contributed by atoms with van der Waals surface area (Å²) in [5.74, 6) is 0.469. The molecule has 0 fully saturated rings. The average molecular weight is 271 g/mol. The first kappa shape index (κ1) is 11.5. The summed E-state index contributed by atoms with van der Waals surface area (Å²) >= 11 is 3.06. The van der Waals surface area contributed by atoms with Gasteiger partial charge in [-0.1, -0.05) is 18.2 Å². The first-order chi connectivity index (χ1) is 7.15. The van der Waals surface area contributed by atoms with Crippen molar-refractivity contribution in [1.82, 2.24) is 0 Å². The number of rotatable bonds is 3. The van der Waals surface area contributed by atoms with Crippen molar-refractivity contribution in [3.8, 4) is 5.75 Å². The zero-order valence-corrected chi connectivity index (χ0v) is 9.44. The molecule has 0 atom stereocenters. The van der Waals surface area contributed by atoms with Crippen molar-refractivity contribution >= 4 is 15.9 Å². The fourth-order valence-corrected chi connectivity index (χ4v) is 1.11. The summed E-state index contributed by atoms with van der Waals surface area (Å²) in [5.41, 5.74) is 10.5. The van der Waals surface area contributed by atoms with Gasteiger partial charge in [0.25, 0.3) is 0 Å². The number of ether oxygens (including phenoxy) is 1. The average Bonchev–Trinajstić information content (AvgIpc) is 2.26. The molecule has 0 aliphatic heterocycles. The van der Waals surface area contributed by atoms with Crippen LogP contribution < -0.4 is 16.2 Å². The van der Waals surface area contributed by atoms with Crippen LogP contribution in [0, 0.1) is 0 Å². The van der Waals surface area contributed by atoms with Crippen LogP contribution in [-0.4, -0.2) is 5.11 Å². The van der Waals surface area contributed by atoms with Crippen LogP contribution in [0.2, 0.25) is 0 Å². The molecule has 0 unspecified atom stereocenters. The Balaban J connectivity index is 2.86. The van der Waals surface area contributed by atoms with Crippen LogP contribution >= 0.6 is 15.9 Å². The van der Waals surface area contributed by atoms with E-state index in [9.17, 15) is 0 Å². The number of hydrogen-bond acceptors (Lipinski definition) is 4. The summed E-state index contributed by atoms with van der Waals surface area (Å²) in [5, 5.41) is 9.03. The number of allylic oxidation sites excluding steroid dienone is 1. The Morgan fingerprint density at radius 3 is 2.40 bits per heavy atom. The molecular weight excluding hydrogens is 260 g/mol. The van der Waals surface area contributed by atoms with Crippen LogP contribution in [0.4, 0.5) is 0 Å². The standard InChI is InChI=1S/C10H11BrN2O2/c11-9(10(13)14)8(6-12)15-7-4-2-1-3-5-7/h1-6,14H,12-13H2/b8-6+,10-9-. The molecule has 0 bridgehead atoms. The lowest BCUT2D eigenvalue weighted by molar-refractivity contribution is 0.389. The molecule has 0 amide bonds. The molecule has 0 saturated heterocycles. The molecule has 0 aliphatic rings. The van der Waals surface area contributed by atoms with Gasteiger partial charge in [0.2, 0.25) is 0 Å². The van der Waals surface area contributed by atoms with Crippen LogP contribution in [-0.2, 0) is 0 Å².